The number of benzene rings is 2. The van der Waals surface area contributed by atoms with Crippen molar-refractivity contribution in [1.82, 2.24) is 14.9 Å². The molecule has 0 unspecified atom stereocenters. The van der Waals surface area contributed by atoms with E-state index in [2.05, 4.69) is 19.8 Å². The summed E-state index contributed by atoms with van der Waals surface area (Å²) in [5, 5.41) is 12.6. The molecule has 1 amide bonds. The van der Waals surface area contributed by atoms with Gasteiger partial charge >= 0.3 is 12.5 Å². The summed E-state index contributed by atoms with van der Waals surface area (Å²) in [5.41, 5.74) is -0.154. The van der Waals surface area contributed by atoms with Gasteiger partial charge in [0.05, 0.1) is 23.3 Å². The van der Waals surface area contributed by atoms with Gasteiger partial charge in [-0.15, -0.1) is 8.78 Å². The molecule has 0 bridgehead atoms. The minimum atomic E-state index is -4.92. The molecular formula is C25H20F5N4O6S+. The van der Waals surface area contributed by atoms with E-state index in [1.54, 1.807) is 0 Å². The van der Waals surface area contributed by atoms with Gasteiger partial charge in [0.25, 0.3) is 11.6 Å². The zero-order valence-corrected chi connectivity index (χ0v) is 21.8. The Balaban J connectivity index is 1.41. The zero-order chi connectivity index (χ0) is 29.7. The molecule has 16 heteroatoms. The van der Waals surface area contributed by atoms with Crippen molar-refractivity contribution in [2.45, 2.75) is 37.4 Å². The minimum Gasteiger partial charge on any atom is -0.395 e. The molecule has 5 rings (SSSR count). The number of amides is 1. The molecule has 4 aromatic rings. The van der Waals surface area contributed by atoms with Crippen LogP contribution >= 0.6 is 0 Å². The van der Waals surface area contributed by atoms with Crippen molar-refractivity contribution in [3.05, 3.63) is 77.4 Å². The van der Waals surface area contributed by atoms with Crippen LogP contribution < -0.4 is 19.5 Å². The van der Waals surface area contributed by atoms with Crippen LogP contribution in [0, 0.1) is 0 Å². The molecule has 0 radical (unpaired) electrons. The number of rotatable bonds is 7. The van der Waals surface area contributed by atoms with Crippen molar-refractivity contribution in [2.75, 3.05) is 5.75 Å². The molecule has 41 heavy (non-hydrogen) atoms. The molecule has 2 N–H and O–H groups in total. The van der Waals surface area contributed by atoms with Gasteiger partial charge in [-0.25, -0.2) is 13.4 Å². The number of para-hydroxylation sites is 1. The van der Waals surface area contributed by atoms with Crippen LogP contribution in [0.2, 0.25) is 0 Å². The number of aromatic nitrogens is 3. The molecule has 3 heterocycles. The van der Waals surface area contributed by atoms with E-state index < -0.39 is 46.3 Å². The van der Waals surface area contributed by atoms with E-state index in [1.807, 2.05) is 0 Å². The lowest BCUT2D eigenvalue weighted by Gasteiger charge is -2.13. The number of imidazole rings is 1. The first-order valence-electron chi connectivity index (χ1n) is 11.9. The highest BCUT2D eigenvalue weighted by molar-refractivity contribution is 7.91. The minimum absolute atomic E-state index is 0.0126. The predicted molar refractivity (Wildman–Crippen MR) is 129 cm³/mol. The number of nitrogens with zero attached hydrogens (tertiary/aromatic N) is 3. The fraction of sp³-hybridized carbons (Fsp3) is 0.240. The number of sulfone groups is 1. The van der Waals surface area contributed by atoms with E-state index in [0.717, 1.165) is 16.8 Å². The van der Waals surface area contributed by atoms with Crippen molar-refractivity contribution in [3.8, 4) is 11.5 Å². The first-order chi connectivity index (χ1) is 19.2. The molecule has 0 aliphatic carbocycles. The molecule has 1 aliphatic rings. The average Bonchev–Trinajstić information content (AvgIpc) is 3.43. The number of nitrogens with one attached hydrogen (secondary N) is 1. The zero-order valence-electron chi connectivity index (χ0n) is 20.9. The number of alkyl halides is 5. The molecule has 0 saturated carbocycles. The SMILES string of the molecule is CCS(=O)(=O)c1ccc(CNC(=O)c2ccc3c(c2)nc(C(F)(F)F)n3Cc2cccc3c2OC(F)(F)O3)[n+](O)c1. The fourth-order valence-electron chi connectivity index (χ4n) is 4.23. The van der Waals surface area contributed by atoms with Crippen molar-refractivity contribution >= 4 is 26.8 Å². The lowest BCUT2D eigenvalue weighted by molar-refractivity contribution is -0.911. The molecular weight excluding hydrogens is 579 g/mol. The highest BCUT2D eigenvalue weighted by atomic mass is 32.2. The molecule has 0 atom stereocenters. The smallest absolute Gasteiger partial charge is 0.395 e. The second kappa shape index (κ2) is 9.87. The molecule has 0 spiro atoms. The van der Waals surface area contributed by atoms with Crippen LogP contribution in [0.1, 0.15) is 34.4 Å². The van der Waals surface area contributed by atoms with Gasteiger partial charge in [-0.2, -0.15) is 13.2 Å². The van der Waals surface area contributed by atoms with Crippen LogP contribution in [0.3, 0.4) is 0 Å². The molecule has 216 valence electrons. The topological polar surface area (TPSA) is 124 Å². The van der Waals surface area contributed by atoms with Gasteiger partial charge in [-0.05, 0) is 30.3 Å². The summed E-state index contributed by atoms with van der Waals surface area (Å²) in [6.45, 7) is 0.661. The third kappa shape index (κ3) is 5.46. The number of pyridine rings is 1. The summed E-state index contributed by atoms with van der Waals surface area (Å²) in [7, 11) is -3.58. The second-order valence-electron chi connectivity index (χ2n) is 8.92. The maximum Gasteiger partial charge on any atom is 0.586 e. The lowest BCUT2D eigenvalue weighted by Crippen LogP contribution is -2.39. The van der Waals surface area contributed by atoms with Crippen LogP contribution in [-0.4, -0.2) is 41.1 Å². The quantitative estimate of drug-likeness (QED) is 0.189. The van der Waals surface area contributed by atoms with Gasteiger partial charge < -0.3 is 19.4 Å². The summed E-state index contributed by atoms with van der Waals surface area (Å²) in [4.78, 5) is 16.3. The third-order valence-electron chi connectivity index (χ3n) is 6.26. The Bertz CT molecular complexity index is 1790. The largest absolute Gasteiger partial charge is 0.586 e. The number of halogens is 5. The Labute approximate surface area is 228 Å². The Morgan fingerprint density at radius 1 is 1.15 bits per heavy atom. The summed E-state index contributed by atoms with van der Waals surface area (Å²) in [6, 6.07) is 10.0. The highest BCUT2D eigenvalue weighted by Gasteiger charge is 2.45. The number of carbonyl (C=O) groups excluding carboxylic acids is 1. The maximum atomic E-state index is 13.9. The van der Waals surface area contributed by atoms with Crippen LogP contribution in [0.5, 0.6) is 11.5 Å². The third-order valence-corrected chi connectivity index (χ3v) is 7.98. The summed E-state index contributed by atoms with van der Waals surface area (Å²) in [6.07, 6.45) is -7.90. The van der Waals surface area contributed by atoms with E-state index in [-0.39, 0.29) is 50.8 Å². The Hall–Kier alpha value is -4.47. The van der Waals surface area contributed by atoms with Crippen LogP contribution in [0.4, 0.5) is 22.0 Å². The summed E-state index contributed by atoms with van der Waals surface area (Å²) >= 11 is 0. The van der Waals surface area contributed by atoms with Gasteiger partial charge in [0, 0.05) is 21.9 Å². The first kappa shape index (κ1) is 28.1. The van der Waals surface area contributed by atoms with Gasteiger partial charge in [0.1, 0.15) is 11.4 Å². The Morgan fingerprint density at radius 2 is 1.90 bits per heavy atom. The lowest BCUT2D eigenvalue weighted by atomic mass is 10.1. The molecule has 0 fully saturated rings. The number of fused-ring (bicyclic) bond motifs is 2. The van der Waals surface area contributed by atoms with Crippen LogP contribution in [-0.2, 0) is 29.1 Å². The van der Waals surface area contributed by atoms with Gasteiger partial charge in [0.15, 0.2) is 21.3 Å². The maximum absolute atomic E-state index is 13.9. The van der Waals surface area contributed by atoms with E-state index in [1.165, 1.54) is 49.4 Å². The van der Waals surface area contributed by atoms with Crippen molar-refractivity contribution in [1.29, 1.82) is 0 Å². The fourth-order valence-corrected chi connectivity index (χ4v) is 5.10. The van der Waals surface area contributed by atoms with E-state index >= 15 is 0 Å². The second-order valence-corrected chi connectivity index (χ2v) is 11.2. The summed E-state index contributed by atoms with van der Waals surface area (Å²) in [5.74, 6) is -2.94. The standard InChI is InChI=1S/C25H19F5N4O6S/c1-2-41(37,38)17-8-7-16(34(36)13-17)11-31-22(35)14-6-9-19-18(10-14)32-23(24(26,27)28)33(19)12-15-4-3-5-20-21(15)40-25(29,30)39-20/h3-10,13H,2,11-12H2,1H3,(H-,31,35,36)/p+1. The van der Waals surface area contributed by atoms with E-state index in [4.69, 9.17) is 0 Å². The molecule has 10 nitrogen and oxygen atoms in total. The van der Waals surface area contributed by atoms with Crippen molar-refractivity contribution in [3.63, 3.8) is 0 Å². The summed E-state index contributed by atoms with van der Waals surface area (Å²) < 4.78 is 103. The molecule has 1 aliphatic heterocycles. The highest BCUT2D eigenvalue weighted by Crippen LogP contribution is 2.44. The van der Waals surface area contributed by atoms with E-state index in [0.29, 0.717) is 4.73 Å². The molecule has 2 aromatic carbocycles. The number of hydrogen-bond acceptors (Lipinski definition) is 7. The predicted octanol–water partition coefficient (Wildman–Crippen LogP) is 3.67. The molecule has 2 aromatic heterocycles. The van der Waals surface area contributed by atoms with Crippen LogP contribution in [0.25, 0.3) is 11.0 Å². The van der Waals surface area contributed by atoms with Crippen molar-refractivity contribution < 1.29 is 54.6 Å². The Kier molecular flexibility index (Phi) is 6.75. The van der Waals surface area contributed by atoms with E-state index in [9.17, 15) is 40.4 Å². The number of ether oxygens (including phenoxy) is 2. The number of hydrogen-bond donors (Lipinski definition) is 2. The van der Waals surface area contributed by atoms with Crippen LogP contribution in [0.15, 0.2) is 59.6 Å². The first-order valence-corrected chi connectivity index (χ1v) is 13.5. The van der Waals surface area contributed by atoms with Gasteiger partial charge in [0.2, 0.25) is 12.0 Å². The number of carbonyl (C=O) groups is 1. The Morgan fingerprint density at radius 3 is 2.59 bits per heavy atom. The average molecular weight is 600 g/mol. The molecule has 0 saturated heterocycles. The monoisotopic (exact) mass is 599 g/mol. The van der Waals surface area contributed by atoms with Crippen molar-refractivity contribution in [2.24, 2.45) is 0 Å². The normalized spacial score (nSPS) is 14.4. The van der Waals surface area contributed by atoms with Gasteiger partial charge in [-0.3, -0.25) is 10.0 Å². The van der Waals surface area contributed by atoms with Gasteiger partial charge in [-0.1, -0.05) is 19.1 Å².